The number of piperidine rings is 1. The van der Waals surface area contributed by atoms with Crippen molar-refractivity contribution < 1.29 is 14.3 Å². The lowest BCUT2D eigenvalue weighted by atomic mass is 10.2. The Morgan fingerprint density at radius 2 is 2.04 bits per heavy atom. The van der Waals surface area contributed by atoms with Crippen LogP contribution in [-0.4, -0.2) is 62.9 Å². The molecule has 1 saturated heterocycles. The molecule has 0 saturated carbocycles. The number of rotatable bonds is 6. The van der Waals surface area contributed by atoms with Gasteiger partial charge in [-0.3, -0.25) is 9.80 Å². The van der Waals surface area contributed by atoms with Gasteiger partial charge in [0.1, 0.15) is 0 Å². The largest absolute Gasteiger partial charge is 0.493 e. The number of nitrogens with zero attached hydrogens (tertiary/aromatic N) is 3. The smallest absolute Gasteiger partial charge is 0.259 e. The van der Waals surface area contributed by atoms with Crippen LogP contribution in [0.5, 0.6) is 11.5 Å². The van der Waals surface area contributed by atoms with E-state index in [0.717, 1.165) is 23.1 Å². The minimum atomic E-state index is -0.111. The number of amides is 1. The minimum Gasteiger partial charge on any atom is -0.493 e. The first-order valence-corrected chi connectivity index (χ1v) is 8.80. The molecule has 1 aliphatic heterocycles. The molecule has 24 heavy (non-hydrogen) atoms. The lowest BCUT2D eigenvalue weighted by Crippen LogP contribution is -2.27. The number of halogens is 1. The Kier molecular flexibility index (Phi) is 6.90. The second-order valence-corrected chi connectivity index (χ2v) is 6.72. The Bertz CT molecular complexity index is 599. The molecule has 132 valence electrons. The van der Waals surface area contributed by atoms with E-state index in [9.17, 15) is 4.79 Å². The molecule has 0 atom stereocenters. The third kappa shape index (κ3) is 5.12. The Morgan fingerprint density at radius 1 is 1.33 bits per heavy atom. The first-order valence-electron chi connectivity index (χ1n) is 8.00. The molecule has 0 N–H and O–H groups in total. The molecule has 1 amide bonds. The molecule has 0 radical (unpaired) electrons. The SMILES string of the molecule is COc1cc(/C=N\N2CCCCC2)cc(Br)c1OCC(=O)N(C)C. The van der Waals surface area contributed by atoms with E-state index in [-0.39, 0.29) is 12.5 Å². The lowest BCUT2D eigenvalue weighted by molar-refractivity contribution is -0.130. The highest BCUT2D eigenvalue weighted by Crippen LogP contribution is 2.36. The maximum atomic E-state index is 11.7. The highest BCUT2D eigenvalue weighted by molar-refractivity contribution is 9.10. The normalized spacial score (nSPS) is 14.8. The van der Waals surface area contributed by atoms with Gasteiger partial charge < -0.3 is 14.4 Å². The third-order valence-corrected chi connectivity index (χ3v) is 4.38. The Labute approximate surface area is 151 Å². The molecular weight excluding hydrogens is 374 g/mol. The van der Waals surface area contributed by atoms with Gasteiger partial charge in [-0.05, 0) is 52.9 Å². The van der Waals surface area contributed by atoms with Gasteiger partial charge in [-0.15, -0.1) is 0 Å². The van der Waals surface area contributed by atoms with E-state index >= 15 is 0 Å². The summed E-state index contributed by atoms with van der Waals surface area (Å²) < 4.78 is 11.7. The van der Waals surface area contributed by atoms with E-state index in [1.165, 1.54) is 24.2 Å². The summed E-state index contributed by atoms with van der Waals surface area (Å²) in [5, 5.41) is 6.61. The highest BCUT2D eigenvalue weighted by atomic mass is 79.9. The predicted molar refractivity (Wildman–Crippen MR) is 97.9 cm³/mol. The van der Waals surface area contributed by atoms with E-state index in [2.05, 4.69) is 26.0 Å². The molecule has 1 heterocycles. The summed E-state index contributed by atoms with van der Waals surface area (Å²) in [4.78, 5) is 13.2. The van der Waals surface area contributed by atoms with Gasteiger partial charge in [-0.25, -0.2) is 0 Å². The summed E-state index contributed by atoms with van der Waals surface area (Å²) in [5.74, 6) is 0.971. The Hall–Kier alpha value is -1.76. The van der Waals surface area contributed by atoms with Crippen LogP contribution in [0, 0.1) is 0 Å². The topological polar surface area (TPSA) is 54.4 Å². The Morgan fingerprint density at radius 3 is 2.67 bits per heavy atom. The van der Waals surface area contributed by atoms with Crippen molar-refractivity contribution in [3.8, 4) is 11.5 Å². The molecule has 1 aromatic carbocycles. The molecule has 1 aliphatic rings. The lowest BCUT2D eigenvalue weighted by Gasteiger charge is -2.23. The third-order valence-electron chi connectivity index (χ3n) is 3.79. The van der Waals surface area contributed by atoms with Gasteiger partial charge >= 0.3 is 0 Å². The number of benzene rings is 1. The average molecular weight is 398 g/mol. The summed E-state index contributed by atoms with van der Waals surface area (Å²) in [6, 6.07) is 3.76. The molecule has 6 nitrogen and oxygen atoms in total. The van der Waals surface area contributed by atoms with Crippen LogP contribution in [0.1, 0.15) is 24.8 Å². The van der Waals surface area contributed by atoms with E-state index in [1.807, 2.05) is 18.3 Å². The van der Waals surface area contributed by atoms with Crippen molar-refractivity contribution in [1.29, 1.82) is 0 Å². The molecule has 0 bridgehead atoms. The molecule has 1 aromatic rings. The van der Waals surface area contributed by atoms with Crippen molar-refractivity contribution >= 4 is 28.1 Å². The maximum absolute atomic E-state index is 11.7. The molecule has 0 unspecified atom stereocenters. The molecule has 2 rings (SSSR count). The van der Waals surface area contributed by atoms with E-state index in [0.29, 0.717) is 11.5 Å². The minimum absolute atomic E-state index is 0.0385. The monoisotopic (exact) mass is 397 g/mol. The zero-order valence-electron chi connectivity index (χ0n) is 14.4. The van der Waals surface area contributed by atoms with Crippen LogP contribution in [0.2, 0.25) is 0 Å². The number of hydrogen-bond donors (Lipinski definition) is 0. The van der Waals surface area contributed by atoms with Crippen LogP contribution in [0.25, 0.3) is 0 Å². The van der Waals surface area contributed by atoms with Gasteiger partial charge in [0.2, 0.25) is 0 Å². The molecule has 1 fully saturated rings. The van der Waals surface area contributed by atoms with E-state index in [4.69, 9.17) is 9.47 Å². The van der Waals surface area contributed by atoms with Crippen LogP contribution >= 0.6 is 15.9 Å². The number of hydrazone groups is 1. The predicted octanol–water partition coefficient (Wildman–Crippen LogP) is 2.74. The quantitative estimate of drug-likeness (QED) is 0.692. The van der Waals surface area contributed by atoms with Crippen molar-refractivity contribution in [3.05, 3.63) is 22.2 Å². The van der Waals surface area contributed by atoms with Gasteiger partial charge in [-0.2, -0.15) is 5.10 Å². The van der Waals surface area contributed by atoms with Gasteiger partial charge in [0.25, 0.3) is 5.91 Å². The second kappa shape index (κ2) is 8.92. The van der Waals surface area contributed by atoms with Crippen LogP contribution in [-0.2, 0) is 4.79 Å². The fraction of sp³-hybridized carbons (Fsp3) is 0.529. The summed E-state index contributed by atoms with van der Waals surface area (Å²) in [6.07, 6.45) is 5.49. The number of hydrogen-bond acceptors (Lipinski definition) is 5. The summed E-state index contributed by atoms with van der Waals surface area (Å²) >= 11 is 3.49. The number of likely N-dealkylation sites (N-methyl/N-ethyl adjacent to an activating group) is 1. The standard InChI is InChI=1S/C17H24BrN3O3/c1-20(2)16(22)12-24-17-14(18)9-13(10-15(17)23-3)11-19-21-7-5-4-6-8-21/h9-11H,4-8,12H2,1-3H3/b19-11-. The van der Waals surface area contributed by atoms with Gasteiger partial charge in [0.05, 0.1) is 17.8 Å². The van der Waals surface area contributed by atoms with E-state index in [1.54, 1.807) is 21.2 Å². The molecule has 0 aromatic heterocycles. The van der Waals surface area contributed by atoms with Crippen molar-refractivity contribution in [1.82, 2.24) is 9.91 Å². The van der Waals surface area contributed by atoms with Crippen LogP contribution in [0.3, 0.4) is 0 Å². The van der Waals surface area contributed by atoms with Crippen LogP contribution in [0.15, 0.2) is 21.7 Å². The Balaban J connectivity index is 2.10. The second-order valence-electron chi connectivity index (χ2n) is 5.87. The van der Waals surface area contributed by atoms with Crippen LogP contribution in [0.4, 0.5) is 0 Å². The average Bonchev–Trinajstić information content (AvgIpc) is 2.59. The first kappa shape index (κ1) is 18.6. The molecule has 0 spiro atoms. The van der Waals surface area contributed by atoms with Gasteiger partial charge in [0.15, 0.2) is 18.1 Å². The van der Waals surface area contributed by atoms with Crippen molar-refractivity contribution in [2.45, 2.75) is 19.3 Å². The molecule has 0 aliphatic carbocycles. The van der Waals surface area contributed by atoms with Gasteiger partial charge in [0, 0.05) is 27.2 Å². The number of ether oxygens (including phenoxy) is 2. The first-order chi connectivity index (χ1) is 11.5. The number of carbonyl (C=O) groups excluding carboxylic acids is 1. The maximum Gasteiger partial charge on any atom is 0.259 e. The summed E-state index contributed by atoms with van der Waals surface area (Å²) in [7, 11) is 4.96. The van der Waals surface area contributed by atoms with Crippen molar-refractivity contribution in [2.75, 3.05) is 40.9 Å². The summed E-state index contributed by atoms with van der Waals surface area (Å²) in [5.41, 5.74) is 0.913. The zero-order valence-corrected chi connectivity index (χ0v) is 16.0. The highest BCUT2D eigenvalue weighted by Gasteiger charge is 2.14. The van der Waals surface area contributed by atoms with Crippen molar-refractivity contribution in [2.24, 2.45) is 5.10 Å². The molecular formula is C17H24BrN3O3. The summed E-state index contributed by atoms with van der Waals surface area (Å²) in [6.45, 7) is 1.97. The van der Waals surface area contributed by atoms with E-state index < -0.39 is 0 Å². The fourth-order valence-corrected chi connectivity index (χ4v) is 2.93. The van der Waals surface area contributed by atoms with Crippen LogP contribution < -0.4 is 9.47 Å². The number of carbonyl (C=O) groups is 1. The van der Waals surface area contributed by atoms with Crippen molar-refractivity contribution in [3.63, 3.8) is 0 Å². The molecule has 7 heteroatoms. The zero-order chi connectivity index (χ0) is 17.5. The fourth-order valence-electron chi connectivity index (χ4n) is 2.36. The van der Waals surface area contributed by atoms with Gasteiger partial charge in [-0.1, -0.05) is 0 Å². The number of methoxy groups -OCH3 is 1.